The summed E-state index contributed by atoms with van der Waals surface area (Å²) in [6.07, 6.45) is -1.52. The number of hydrogen-bond donors (Lipinski definition) is 1. The van der Waals surface area contributed by atoms with Gasteiger partial charge >= 0.3 is 7.12 Å². The number of benzene rings is 1. The van der Waals surface area contributed by atoms with Crippen LogP contribution in [0.4, 0.5) is 19.0 Å². The van der Waals surface area contributed by atoms with E-state index in [1.54, 1.807) is 0 Å². The average Bonchev–Trinajstić information content (AvgIpc) is 2.82. The third-order valence-corrected chi connectivity index (χ3v) is 5.05. The van der Waals surface area contributed by atoms with Crippen LogP contribution < -0.4 is 10.8 Å². The van der Waals surface area contributed by atoms with Gasteiger partial charge in [0.15, 0.2) is 0 Å². The van der Waals surface area contributed by atoms with Gasteiger partial charge in [0.05, 0.1) is 11.2 Å². The molecule has 0 aliphatic carbocycles. The standard InChI is InChI=1S/C19H20BF3N2O3/c1-18(2)19(3,4)28-20(27-18)13-6-5-12(9-14(13)21)17(26)25-15-10-11(16(22)23)7-8-24-15/h5-10,16H,1-4H3,(H,24,25,26). The molecule has 2 aromatic rings. The van der Waals surface area contributed by atoms with Gasteiger partial charge in [0.25, 0.3) is 12.3 Å². The molecule has 5 nitrogen and oxygen atoms in total. The summed E-state index contributed by atoms with van der Waals surface area (Å²) >= 11 is 0. The van der Waals surface area contributed by atoms with Crippen LogP contribution in [-0.4, -0.2) is 29.2 Å². The number of nitrogens with zero attached hydrogens (tertiary/aromatic N) is 1. The maximum absolute atomic E-state index is 14.6. The Labute approximate surface area is 161 Å². The second kappa shape index (κ2) is 7.22. The van der Waals surface area contributed by atoms with Crippen molar-refractivity contribution in [3.63, 3.8) is 0 Å². The average molecular weight is 392 g/mol. The van der Waals surface area contributed by atoms with E-state index < -0.39 is 36.5 Å². The van der Waals surface area contributed by atoms with Gasteiger partial charge in [-0.25, -0.2) is 18.2 Å². The summed E-state index contributed by atoms with van der Waals surface area (Å²) in [6, 6.07) is 6.09. The topological polar surface area (TPSA) is 60.5 Å². The Morgan fingerprint density at radius 3 is 2.32 bits per heavy atom. The fourth-order valence-electron chi connectivity index (χ4n) is 2.67. The van der Waals surface area contributed by atoms with E-state index in [1.165, 1.54) is 18.3 Å². The second-order valence-corrected chi connectivity index (χ2v) is 7.55. The first-order chi connectivity index (χ1) is 13.0. The van der Waals surface area contributed by atoms with E-state index in [0.717, 1.165) is 18.2 Å². The molecule has 1 aliphatic heterocycles. The lowest BCUT2D eigenvalue weighted by Crippen LogP contribution is -2.41. The molecule has 1 amide bonds. The summed E-state index contributed by atoms with van der Waals surface area (Å²) in [6.45, 7) is 7.42. The molecular formula is C19H20BF3N2O3. The van der Waals surface area contributed by atoms with E-state index in [-0.39, 0.29) is 22.4 Å². The highest BCUT2D eigenvalue weighted by Gasteiger charge is 2.52. The van der Waals surface area contributed by atoms with Crippen molar-refractivity contribution in [3.05, 3.63) is 53.5 Å². The van der Waals surface area contributed by atoms with E-state index in [0.29, 0.717) is 0 Å². The first-order valence-electron chi connectivity index (χ1n) is 8.71. The predicted molar refractivity (Wildman–Crippen MR) is 99.3 cm³/mol. The van der Waals surface area contributed by atoms with Crippen molar-refractivity contribution in [3.8, 4) is 0 Å². The molecule has 1 aromatic carbocycles. The fourth-order valence-corrected chi connectivity index (χ4v) is 2.67. The lowest BCUT2D eigenvalue weighted by atomic mass is 9.78. The summed E-state index contributed by atoms with van der Waals surface area (Å²) in [5, 5.41) is 2.38. The molecule has 0 spiro atoms. The van der Waals surface area contributed by atoms with Crippen molar-refractivity contribution in [2.75, 3.05) is 5.32 Å². The highest BCUT2D eigenvalue weighted by molar-refractivity contribution is 6.62. The number of aromatic nitrogens is 1. The predicted octanol–water partition coefficient (Wildman–Crippen LogP) is 3.71. The lowest BCUT2D eigenvalue weighted by Gasteiger charge is -2.32. The summed E-state index contributed by atoms with van der Waals surface area (Å²) in [4.78, 5) is 16.1. The molecule has 9 heteroatoms. The number of nitrogens with one attached hydrogen (secondary N) is 1. The van der Waals surface area contributed by atoms with Crippen molar-refractivity contribution >= 4 is 24.3 Å². The zero-order chi connectivity index (χ0) is 20.7. The Morgan fingerprint density at radius 2 is 1.75 bits per heavy atom. The summed E-state index contributed by atoms with van der Waals surface area (Å²) in [5.41, 5.74) is -1.33. The molecule has 148 valence electrons. The number of pyridine rings is 1. The molecular weight excluding hydrogens is 372 g/mol. The van der Waals surface area contributed by atoms with Gasteiger partial charge in [-0.15, -0.1) is 0 Å². The SMILES string of the molecule is CC1(C)OB(c2ccc(C(=O)Nc3cc(C(F)F)ccn3)cc2F)OC1(C)C. The molecule has 0 saturated carbocycles. The molecule has 1 fully saturated rings. The van der Waals surface area contributed by atoms with Crippen LogP contribution in [0.15, 0.2) is 36.5 Å². The van der Waals surface area contributed by atoms with Crippen LogP contribution in [0, 0.1) is 5.82 Å². The molecule has 3 rings (SSSR count). The first-order valence-corrected chi connectivity index (χ1v) is 8.71. The zero-order valence-electron chi connectivity index (χ0n) is 15.9. The summed E-state index contributed by atoms with van der Waals surface area (Å²) in [7, 11) is -0.897. The highest BCUT2D eigenvalue weighted by Crippen LogP contribution is 2.36. The third-order valence-electron chi connectivity index (χ3n) is 5.05. The van der Waals surface area contributed by atoms with Crippen LogP contribution in [0.2, 0.25) is 0 Å². The third kappa shape index (κ3) is 3.90. The van der Waals surface area contributed by atoms with Crippen LogP contribution in [0.1, 0.15) is 50.0 Å². The van der Waals surface area contributed by atoms with Gasteiger partial charge in [0.1, 0.15) is 11.6 Å². The van der Waals surface area contributed by atoms with Crippen molar-refractivity contribution in [1.82, 2.24) is 4.98 Å². The minimum absolute atomic E-state index is 0.0158. The minimum Gasteiger partial charge on any atom is -0.399 e. The molecule has 1 saturated heterocycles. The summed E-state index contributed by atoms with van der Waals surface area (Å²) < 4.78 is 51.8. The van der Waals surface area contributed by atoms with Crippen molar-refractivity contribution < 1.29 is 27.3 Å². The lowest BCUT2D eigenvalue weighted by molar-refractivity contribution is 0.00578. The van der Waals surface area contributed by atoms with Gasteiger partial charge in [-0.2, -0.15) is 0 Å². The largest absolute Gasteiger partial charge is 0.497 e. The molecule has 0 atom stereocenters. The van der Waals surface area contributed by atoms with Crippen LogP contribution in [-0.2, 0) is 9.31 Å². The fraction of sp³-hybridized carbons (Fsp3) is 0.368. The van der Waals surface area contributed by atoms with Gasteiger partial charge in [-0.3, -0.25) is 4.79 Å². The van der Waals surface area contributed by atoms with Crippen molar-refractivity contribution in [2.24, 2.45) is 0 Å². The molecule has 2 heterocycles. The van der Waals surface area contributed by atoms with Crippen LogP contribution in [0.25, 0.3) is 0 Å². The van der Waals surface area contributed by atoms with Crippen molar-refractivity contribution in [1.29, 1.82) is 0 Å². The molecule has 0 radical (unpaired) electrons. The van der Waals surface area contributed by atoms with E-state index >= 15 is 0 Å². The Hall–Kier alpha value is -2.39. The van der Waals surface area contributed by atoms with Gasteiger partial charge in [-0.05, 0) is 52.0 Å². The number of rotatable bonds is 4. The number of halogens is 3. The molecule has 1 aromatic heterocycles. The van der Waals surface area contributed by atoms with E-state index in [9.17, 15) is 18.0 Å². The number of carbonyl (C=O) groups is 1. The normalized spacial score (nSPS) is 17.8. The maximum Gasteiger partial charge on any atom is 0.497 e. The maximum atomic E-state index is 14.6. The minimum atomic E-state index is -2.68. The highest BCUT2D eigenvalue weighted by atomic mass is 19.3. The van der Waals surface area contributed by atoms with Gasteiger partial charge in [-0.1, -0.05) is 6.07 Å². The van der Waals surface area contributed by atoms with E-state index in [4.69, 9.17) is 9.31 Å². The molecule has 28 heavy (non-hydrogen) atoms. The Kier molecular flexibility index (Phi) is 5.25. The smallest absolute Gasteiger partial charge is 0.399 e. The Bertz CT molecular complexity index is 890. The van der Waals surface area contributed by atoms with Gasteiger partial charge in [0, 0.05) is 22.8 Å². The number of alkyl halides is 2. The van der Waals surface area contributed by atoms with Gasteiger partial charge in [0.2, 0.25) is 0 Å². The number of anilines is 1. The zero-order valence-corrected chi connectivity index (χ0v) is 15.9. The number of hydrogen-bond acceptors (Lipinski definition) is 4. The van der Waals surface area contributed by atoms with Crippen LogP contribution in [0.5, 0.6) is 0 Å². The van der Waals surface area contributed by atoms with Gasteiger partial charge < -0.3 is 14.6 Å². The summed E-state index contributed by atoms with van der Waals surface area (Å²) in [5.74, 6) is -1.38. The van der Waals surface area contributed by atoms with Crippen LogP contribution >= 0.6 is 0 Å². The quantitative estimate of drug-likeness (QED) is 0.807. The molecule has 1 aliphatic rings. The first kappa shape index (κ1) is 20.4. The second-order valence-electron chi connectivity index (χ2n) is 7.55. The monoisotopic (exact) mass is 392 g/mol. The van der Waals surface area contributed by atoms with E-state index in [2.05, 4.69) is 10.3 Å². The van der Waals surface area contributed by atoms with Crippen LogP contribution in [0.3, 0.4) is 0 Å². The molecule has 1 N–H and O–H groups in total. The van der Waals surface area contributed by atoms with Crippen molar-refractivity contribution in [2.45, 2.75) is 45.3 Å². The van der Waals surface area contributed by atoms with E-state index in [1.807, 2.05) is 27.7 Å². The number of amides is 1. The number of carbonyl (C=O) groups excluding carboxylic acids is 1. The molecule has 0 unspecified atom stereocenters. The Morgan fingerprint density at radius 1 is 1.11 bits per heavy atom. The molecule has 0 bridgehead atoms. The Balaban J connectivity index is 1.77.